The Morgan fingerprint density at radius 3 is 2.65 bits per heavy atom. The van der Waals surface area contributed by atoms with Crippen LogP contribution in [0, 0.1) is 5.41 Å². The van der Waals surface area contributed by atoms with Gasteiger partial charge < -0.3 is 10.5 Å². The van der Waals surface area contributed by atoms with Crippen LogP contribution in [0.1, 0.15) is 5.56 Å². The van der Waals surface area contributed by atoms with Crippen LogP contribution in [0.15, 0.2) is 54.9 Å². The highest BCUT2D eigenvalue weighted by atomic mass is 16.5. The van der Waals surface area contributed by atoms with Crippen molar-refractivity contribution < 1.29 is 4.74 Å². The lowest BCUT2D eigenvalue weighted by atomic mass is 10.2. The van der Waals surface area contributed by atoms with E-state index in [9.17, 15) is 0 Å². The van der Waals surface area contributed by atoms with Gasteiger partial charge in [-0.15, -0.1) is 0 Å². The van der Waals surface area contributed by atoms with Crippen LogP contribution in [0.5, 0.6) is 11.6 Å². The molecule has 0 amide bonds. The molecule has 0 aliphatic carbocycles. The largest absolute Gasteiger partial charge is 0.438 e. The number of nitrogens with two attached hydrogens (primary N) is 1. The zero-order chi connectivity index (χ0) is 13.9. The first-order valence-corrected chi connectivity index (χ1v) is 6.07. The minimum absolute atomic E-state index is 0.0774. The first kappa shape index (κ1) is 12.1. The zero-order valence-electron chi connectivity index (χ0n) is 10.6. The number of benzene rings is 1. The lowest BCUT2D eigenvalue weighted by molar-refractivity contribution is 0.467. The number of amidine groups is 1. The number of nitrogens with zero attached hydrogens (tertiary/aromatic N) is 2. The molecule has 0 radical (unpaired) electrons. The number of nitrogen functional groups attached to an aromatic ring is 1. The molecule has 5 heteroatoms. The normalized spacial score (nSPS) is 10.4. The molecule has 2 aromatic heterocycles. The van der Waals surface area contributed by atoms with Crippen LogP contribution in [0.25, 0.3) is 10.9 Å². The summed E-state index contributed by atoms with van der Waals surface area (Å²) in [5.41, 5.74) is 6.84. The molecule has 3 rings (SSSR count). The molecule has 0 aliphatic rings. The summed E-state index contributed by atoms with van der Waals surface area (Å²) in [5.74, 6) is 0.875. The van der Waals surface area contributed by atoms with E-state index in [1.54, 1.807) is 24.5 Å². The lowest BCUT2D eigenvalue weighted by Gasteiger charge is -2.10. The Bertz CT molecular complexity index is 780. The molecule has 0 bridgehead atoms. The van der Waals surface area contributed by atoms with Crippen molar-refractivity contribution in [1.82, 2.24) is 9.97 Å². The fourth-order valence-electron chi connectivity index (χ4n) is 1.95. The Labute approximate surface area is 115 Å². The third kappa shape index (κ3) is 2.16. The van der Waals surface area contributed by atoms with Crippen molar-refractivity contribution in [1.29, 1.82) is 5.41 Å². The van der Waals surface area contributed by atoms with Gasteiger partial charge in [0.2, 0.25) is 5.88 Å². The fraction of sp³-hybridized carbons (Fsp3) is 0. The van der Waals surface area contributed by atoms with Gasteiger partial charge in [-0.3, -0.25) is 10.4 Å². The Hall–Kier alpha value is -2.95. The summed E-state index contributed by atoms with van der Waals surface area (Å²) < 4.78 is 5.81. The molecule has 2 heterocycles. The maximum Gasteiger partial charge on any atom is 0.230 e. The molecule has 98 valence electrons. The van der Waals surface area contributed by atoms with Gasteiger partial charge in [0.05, 0.1) is 11.1 Å². The van der Waals surface area contributed by atoms with Crippen LogP contribution < -0.4 is 10.5 Å². The van der Waals surface area contributed by atoms with E-state index in [0.717, 1.165) is 10.9 Å². The first-order valence-electron chi connectivity index (χ1n) is 6.07. The first-order chi connectivity index (χ1) is 9.75. The summed E-state index contributed by atoms with van der Waals surface area (Å²) in [4.78, 5) is 8.41. The maximum atomic E-state index is 7.55. The number of aromatic nitrogens is 2. The van der Waals surface area contributed by atoms with Crippen LogP contribution in [-0.4, -0.2) is 15.8 Å². The summed E-state index contributed by atoms with van der Waals surface area (Å²) in [6.45, 7) is 0. The van der Waals surface area contributed by atoms with Gasteiger partial charge >= 0.3 is 0 Å². The van der Waals surface area contributed by atoms with Crippen LogP contribution in [0.3, 0.4) is 0 Å². The highest BCUT2D eigenvalue weighted by Gasteiger charge is 2.10. The van der Waals surface area contributed by atoms with E-state index in [0.29, 0.717) is 17.2 Å². The van der Waals surface area contributed by atoms with Gasteiger partial charge in [-0.05, 0) is 36.4 Å². The standard InChI is InChI=1S/C15H12N4O/c16-14(17)11-5-3-9-19-15(11)20-13-7-1-6-12-10(13)4-2-8-18-12/h1-9H,(H3,16,17). The molecule has 5 nitrogen and oxygen atoms in total. The molecular weight excluding hydrogens is 252 g/mol. The van der Waals surface area contributed by atoms with Crippen LogP contribution in [0.4, 0.5) is 0 Å². The van der Waals surface area contributed by atoms with Crippen molar-refractivity contribution in [3.63, 3.8) is 0 Å². The summed E-state index contributed by atoms with van der Waals surface area (Å²) in [7, 11) is 0. The predicted molar refractivity (Wildman–Crippen MR) is 77.1 cm³/mol. The zero-order valence-corrected chi connectivity index (χ0v) is 10.6. The second-order valence-corrected chi connectivity index (χ2v) is 4.20. The Morgan fingerprint density at radius 1 is 1.00 bits per heavy atom. The fourth-order valence-corrected chi connectivity index (χ4v) is 1.95. The van der Waals surface area contributed by atoms with E-state index in [4.69, 9.17) is 15.9 Å². The molecule has 3 aromatic rings. The molecule has 3 N–H and O–H groups in total. The Kier molecular flexibility index (Phi) is 3.01. The van der Waals surface area contributed by atoms with Crippen LogP contribution >= 0.6 is 0 Å². The highest BCUT2D eigenvalue weighted by Crippen LogP contribution is 2.29. The third-order valence-electron chi connectivity index (χ3n) is 2.87. The smallest absolute Gasteiger partial charge is 0.230 e. The Balaban J connectivity index is 2.08. The average Bonchev–Trinajstić information content (AvgIpc) is 2.48. The second-order valence-electron chi connectivity index (χ2n) is 4.20. The van der Waals surface area contributed by atoms with Crippen molar-refractivity contribution in [3.8, 4) is 11.6 Å². The molecule has 0 saturated heterocycles. The van der Waals surface area contributed by atoms with E-state index >= 15 is 0 Å². The molecule has 0 atom stereocenters. The average molecular weight is 264 g/mol. The van der Waals surface area contributed by atoms with Gasteiger partial charge in [0, 0.05) is 17.8 Å². The minimum Gasteiger partial charge on any atom is -0.438 e. The number of ether oxygens (including phenoxy) is 1. The second kappa shape index (κ2) is 4.97. The predicted octanol–water partition coefficient (Wildman–Crippen LogP) is 2.71. The number of nitrogens with one attached hydrogen (secondary N) is 1. The van der Waals surface area contributed by atoms with Crippen molar-refractivity contribution in [2.45, 2.75) is 0 Å². The van der Waals surface area contributed by atoms with E-state index in [1.807, 2.05) is 30.3 Å². The van der Waals surface area contributed by atoms with Gasteiger partial charge in [-0.2, -0.15) is 0 Å². The quantitative estimate of drug-likeness (QED) is 0.562. The lowest BCUT2D eigenvalue weighted by Crippen LogP contribution is -2.12. The van der Waals surface area contributed by atoms with Crippen molar-refractivity contribution in [3.05, 3.63) is 60.4 Å². The molecule has 0 fully saturated rings. The number of rotatable bonds is 3. The molecule has 0 aliphatic heterocycles. The van der Waals surface area contributed by atoms with Crippen molar-refractivity contribution in [2.75, 3.05) is 0 Å². The third-order valence-corrected chi connectivity index (χ3v) is 2.87. The molecule has 20 heavy (non-hydrogen) atoms. The summed E-state index contributed by atoms with van der Waals surface area (Å²) in [6, 6.07) is 12.8. The number of pyridine rings is 2. The summed E-state index contributed by atoms with van der Waals surface area (Å²) in [5, 5.41) is 8.43. The number of fused-ring (bicyclic) bond motifs is 1. The van der Waals surface area contributed by atoms with Gasteiger partial charge in [0.15, 0.2) is 0 Å². The van der Waals surface area contributed by atoms with Gasteiger partial charge in [-0.25, -0.2) is 4.98 Å². The highest BCUT2D eigenvalue weighted by molar-refractivity contribution is 5.97. The maximum absolute atomic E-state index is 7.55. The molecule has 1 aromatic carbocycles. The van der Waals surface area contributed by atoms with Crippen LogP contribution in [-0.2, 0) is 0 Å². The topological polar surface area (TPSA) is 84.9 Å². The van der Waals surface area contributed by atoms with E-state index in [2.05, 4.69) is 9.97 Å². The van der Waals surface area contributed by atoms with E-state index in [-0.39, 0.29) is 5.84 Å². The SMILES string of the molecule is N=C(N)c1cccnc1Oc1cccc2ncccc12. The van der Waals surface area contributed by atoms with Crippen LogP contribution in [0.2, 0.25) is 0 Å². The Morgan fingerprint density at radius 2 is 1.80 bits per heavy atom. The molecular formula is C15H12N4O. The number of hydrogen-bond acceptors (Lipinski definition) is 4. The van der Waals surface area contributed by atoms with Gasteiger partial charge in [0.1, 0.15) is 11.6 Å². The summed E-state index contributed by atoms with van der Waals surface area (Å²) >= 11 is 0. The monoisotopic (exact) mass is 264 g/mol. The van der Waals surface area contributed by atoms with Gasteiger partial charge in [0.25, 0.3) is 0 Å². The van der Waals surface area contributed by atoms with Crippen molar-refractivity contribution in [2.24, 2.45) is 5.73 Å². The number of hydrogen-bond donors (Lipinski definition) is 2. The molecule has 0 saturated carbocycles. The minimum atomic E-state index is -0.0774. The van der Waals surface area contributed by atoms with Gasteiger partial charge in [-0.1, -0.05) is 6.07 Å². The van der Waals surface area contributed by atoms with Crippen molar-refractivity contribution >= 4 is 16.7 Å². The van der Waals surface area contributed by atoms with E-state index in [1.165, 1.54) is 0 Å². The molecule has 0 spiro atoms. The molecule has 0 unspecified atom stereocenters. The summed E-state index contributed by atoms with van der Waals surface area (Å²) in [6.07, 6.45) is 3.33. The van der Waals surface area contributed by atoms with E-state index < -0.39 is 0 Å².